The highest BCUT2D eigenvalue weighted by atomic mass is 79.9. The molecule has 1 heterocycles. The monoisotopic (exact) mass is 212 g/mol. The molecule has 0 aromatic carbocycles. The maximum Gasteiger partial charge on any atom is 0.0955 e. The van der Waals surface area contributed by atoms with Crippen molar-refractivity contribution in [2.75, 3.05) is 0 Å². The molecule has 3 heteroatoms. The highest BCUT2D eigenvalue weighted by Gasteiger charge is 1.89. The summed E-state index contributed by atoms with van der Waals surface area (Å²) >= 11 is 3.25. The summed E-state index contributed by atoms with van der Waals surface area (Å²) in [6, 6.07) is 0. The Morgan fingerprint density at radius 2 is 2.45 bits per heavy atom. The van der Waals surface area contributed by atoms with E-state index in [2.05, 4.69) is 34.1 Å². The number of aryl methyl sites for hydroxylation is 1. The van der Waals surface area contributed by atoms with Gasteiger partial charge in [-0.15, -0.1) is 0 Å². The summed E-state index contributed by atoms with van der Waals surface area (Å²) in [6.07, 6.45) is 3.61. The van der Waals surface area contributed by atoms with Crippen LogP contribution >= 0.6 is 15.9 Å². The van der Waals surface area contributed by atoms with Gasteiger partial charge in [0.05, 0.1) is 17.0 Å². The van der Waals surface area contributed by atoms with Gasteiger partial charge in [-0.3, -0.25) is 0 Å². The summed E-state index contributed by atoms with van der Waals surface area (Å²) in [6.45, 7) is 7.47. The van der Waals surface area contributed by atoms with E-state index in [1.807, 2.05) is 17.7 Å². The van der Waals surface area contributed by atoms with Crippen LogP contribution in [0.2, 0.25) is 0 Å². The fourth-order valence-corrected chi connectivity index (χ4v) is 1.04. The van der Waals surface area contributed by atoms with Crippen molar-refractivity contribution in [3.8, 4) is 0 Å². The molecule has 1 aromatic rings. The minimum atomic E-state index is 0.771. The summed E-state index contributed by atoms with van der Waals surface area (Å²) in [5.74, 6) is 0. The van der Waals surface area contributed by atoms with Crippen LogP contribution in [0.1, 0.15) is 0 Å². The Hall–Kier alpha value is -0.830. The van der Waals surface area contributed by atoms with Crippen LogP contribution in [-0.4, -0.2) is 9.55 Å². The van der Waals surface area contributed by atoms with Crippen molar-refractivity contribution in [3.05, 3.63) is 28.1 Å². The first-order chi connectivity index (χ1) is 5.11. The molecule has 0 bridgehead atoms. The van der Waals surface area contributed by atoms with E-state index >= 15 is 0 Å². The maximum atomic E-state index is 4.03. The molecule has 0 N–H and O–H groups in total. The van der Waals surface area contributed by atoms with Crippen LogP contribution in [0.3, 0.4) is 0 Å². The maximum absolute atomic E-state index is 4.03. The Morgan fingerprint density at radius 3 is 2.82 bits per heavy atom. The van der Waals surface area contributed by atoms with Gasteiger partial charge in [0.15, 0.2) is 0 Å². The van der Waals surface area contributed by atoms with Crippen molar-refractivity contribution in [2.24, 2.45) is 7.05 Å². The van der Waals surface area contributed by atoms with E-state index in [1.165, 1.54) is 0 Å². The zero-order valence-electron chi connectivity index (χ0n) is 6.34. The van der Waals surface area contributed by atoms with Gasteiger partial charge >= 0.3 is 0 Å². The number of hydrogen-bond donors (Lipinski definition) is 0. The molecule has 58 valence electrons. The van der Waals surface area contributed by atoms with Crippen LogP contribution < -0.4 is 10.7 Å². The quantitative estimate of drug-likeness (QED) is 0.664. The summed E-state index contributed by atoms with van der Waals surface area (Å²) in [5, 5.41) is 1.75. The first kappa shape index (κ1) is 8.27. The second-order valence-corrected chi connectivity index (χ2v) is 3.30. The molecule has 0 radical (unpaired) electrons. The molecular formula is C8H9BrN2. The van der Waals surface area contributed by atoms with E-state index in [0.717, 1.165) is 15.2 Å². The van der Waals surface area contributed by atoms with Crippen LogP contribution in [-0.2, 0) is 7.05 Å². The third kappa shape index (κ3) is 1.80. The van der Waals surface area contributed by atoms with Crippen molar-refractivity contribution < 1.29 is 0 Å². The van der Waals surface area contributed by atoms with Gasteiger partial charge in [-0.25, -0.2) is 4.98 Å². The van der Waals surface area contributed by atoms with Crippen LogP contribution in [0.15, 0.2) is 17.4 Å². The zero-order valence-corrected chi connectivity index (χ0v) is 7.93. The first-order valence-electron chi connectivity index (χ1n) is 3.13. The lowest BCUT2D eigenvalue weighted by atomic mass is 10.5. The molecule has 1 aromatic heterocycles. The van der Waals surface area contributed by atoms with Gasteiger partial charge in [0.25, 0.3) is 0 Å². The van der Waals surface area contributed by atoms with Gasteiger partial charge in [0.2, 0.25) is 0 Å². The molecule has 1 rings (SSSR count). The van der Waals surface area contributed by atoms with E-state index in [4.69, 9.17) is 0 Å². The Kier molecular flexibility index (Phi) is 2.29. The number of nitrogens with zero attached hydrogens (tertiary/aromatic N) is 2. The summed E-state index contributed by atoms with van der Waals surface area (Å²) in [7, 11) is 1.92. The number of allylic oxidation sites excluding steroid dienone is 1. The number of halogens is 1. The molecule has 0 unspecified atom stereocenters. The number of imidazole rings is 1. The number of hydrogen-bond acceptors (Lipinski definition) is 1. The van der Waals surface area contributed by atoms with Gasteiger partial charge in [0, 0.05) is 11.5 Å². The lowest BCUT2D eigenvalue weighted by Crippen LogP contribution is -2.27. The van der Waals surface area contributed by atoms with Crippen molar-refractivity contribution in [2.45, 2.75) is 0 Å². The number of rotatable bonds is 1. The average Bonchev–Trinajstić information content (AvgIpc) is 2.18. The second kappa shape index (κ2) is 3.05. The van der Waals surface area contributed by atoms with E-state index in [1.54, 1.807) is 6.33 Å². The highest BCUT2D eigenvalue weighted by Crippen LogP contribution is 1.99. The summed E-state index contributed by atoms with van der Waals surface area (Å²) in [5.41, 5.74) is 0. The molecule has 0 atom stereocenters. The van der Waals surface area contributed by atoms with E-state index in [9.17, 15) is 0 Å². The van der Waals surface area contributed by atoms with Gasteiger partial charge in [-0.2, -0.15) is 0 Å². The predicted molar refractivity (Wildman–Crippen MR) is 50.5 cm³/mol. The summed E-state index contributed by atoms with van der Waals surface area (Å²) in [4.78, 5) is 4.03. The normalized spacial score (nSPS) is 12.0. The van der Waals surface area contributed by atoms with Gasteiger partial charge in [0.1, 0.15) is 0 Å². The van der Waals surface area contributed by atoms with E-state index in [0.29, 0.717) is 0 Å². The molecule has 0 amide bonds. The van der Waals surface area contributed by atoms with Crippen LogP contribution in [0.25, 0.3) is 12.7 Å². The zero-order chi connectivity index (χ0) is 8.43. The lowest BCUT2D eigenvalue weighted by molar-refractivity contribution is 0.881. The Morgan fingerprint density at radius 1 is 1.82 bits per heavy atom. The molecular weight excluding hydrogens is 204 g/mol. The fraction of sp³-hybridized carbons (Fsp3) is 0.125. The molecule has 0 saturated heterocycles. The molecule has 0 aliphatic carbocycles. The Bertz CT molecular complexity index is 375. The van der Waals surface area contributed by atoms with E-state index < -0.39 is 0 Å². The van der Waals surface area contributed by atoms with Crippen molar-refractivity contribution >= 4 is 28.6 Å². The third-order valence-electron chi connectivity index (χ3n) is 1.36. The minimum absolute atomic E-state index is 0.771. The molecule has 0 saturated carbocycles. The standard InChI is InChI=1S/C8H9BrN2/c1-6(9)4-8-7(2)10-5-11(8)3/h4-5H,1-2H2,3H3/b8-4+. The third-order valence-corrected chi connectivity index (χ3v) is 1.58. The van der Waals surface area contributed by atoms with Crippen molar-refractivity contribution in [1.82, 2.24) is 9.55 Å². The largest absolute Gasteiger partial charge is 0.334 e. The molecule has 0 aliphatic rings. The topological polar surface area (TPSA) is 17.8 Å². The highest BCUT2D eigenvalue weighted by molar-refractivity contribution is 9.12. The molecule has 0 spiro atoms. The van der Waals surface area contributed by atoms with E-state index in [-0.39, 0.29) is 0 Å². The van der Waals surface area contributed by atoms with Gasteiger partial charge < -0.3 is 4.57 Å². The summed E-state index contributed by atoms with van der Waals surface area (Å²) < 4.78 is 2.72. The molecule has 0 fully saturated rings. The smallest absolute Gasteiger partial charge is 0.0955 e. The van der Waals surface area contributed by atoms with Crippen LogP contribution in [0.4, 0.5) is 0 Å². The number of aromatic nitrogens is 2. The molecule has 2 nitrogen and oxygen atoms in total. The second-order valence-electron chi connectivity index (χ2n) is 2.28. The Labute approximate surface area is 73.7 Å². The average molecular weight is 213 g/mol. The Balaban J connectivity index is 3.43. The fourth-order valence-electron chi connectivity index (χ4n) is 0.822. The SMILES string of the molecule is C=C(Br)/C=c1\c(=C)ncn1C. The molecule has 0 aliphatic heterocycles. The van der Waals surface area contributed by atoms with Crippen molar-refractivity contribution in [3.63, 3.8) is 0 Å². The molecule has 11 heavy (non-hydrogen) atoms. The van der Waals surface area contributed by atoms with Crippen LogP contribution in [0, 0.1) is 0 Å². The lowest BCUT2D eigenvalue weighted by Gasteiger charge is -1.87. The van der Waals surface area contributed by atoms with Crippen molar-refractivity contribution in [1.29, 1.82) is 0 Å². The first-order valence-corrected chi connectivity index (χ1v) is 3.93. The van der Waals surface area contributed by atoms with Gasteiger partial charge in [-0.1, -0.05) is 29.1 Å². The van der Waals surface area contributed by atoms with Crippen LogP contribution in [0.5, 0.6) is 0 Å². The van der Waals surface area contributed by atoms with Gasteiger partial charge in [-0.05, 0) is 6.08 Å². The predicted octanol–water partition coefficient (Wildman–Crippen LogP) is 0.519. The minimum Gasteiger partial charge on any atom is -0.334 e.